The molecule has 0 spiro atoms. The number of pyridine rings is 1. The van der Waals surface area contributed by atoms with E-state index < -0.39 is 0 Å². The van der Waals surface area contributed by atoms with Gasteiger partial charge in [-0.25, -0.2) is 9.97 Å². The van der Waals surface area contributed by atoms with E-state index in [4.69, 9.17) is 10.5 Å². The molecule has 2 heterocycles. The molecule has 0 saturated heterocycles. The summed E-state index contributed by atoms with van der Waals surface area (Å²) >= 11 is 0. The number of nitrogens with two attached hydrogens (primary N) is 1. The second-order valence-corrected chi connectivity index (χ2v) is 3.76. The van der Waals surface area contributed by atoms with Crippen LogP contribution in [0.4, 0.5) is 11.6 Å². The second kappa shape index (κ2) is 5.31. The molecule has 3 N–H and O–H groups in total. The summed E-state index contributed by atoms with van der Waals surface area (Å²) in [5.41, 5.74) is 7.77. The molecule has 0 fully saturated rings. The molecular weight excluding hydrogens is 230 g/mol. The first-order valence-corrected chi connectivity index (χ1v) is 5.51. The highest BCUT2D eigenvalue weighted by molar-refractivity contribution is 5.61. The van der Waals surface area contributed by atoms with E-state index in [9.17, 15) is 0 Å². The predicted molar refractivity (Wildman–Crippen MR) is 69.3 cm³/mol. The van der Waals surface area contributed by atoms with Crippen molar-refractivity contribution in [1.29, 1.82) is 0 Å². The number of hydrogen-bond acceptors (Lipinski definition) is 6. The highest BCUT2D eigenvalue weighted by Gasteiger charge is 2.09. The number of hydrogen-bond donors (Lipinski definition) is 2. The number of ether oxygens (including phenoxy) is 1. The number of nitrogens with one attached hydrogen (secondary N) is 1. The fourth-order valence-corrected chi connectivity index (χ4v) is 1.59. The highest BCUT2D eigenvalue weighted by Crippen LogP contribution is 2.26. The second-order valence-electron chi connectivity index (χ2n) is 3.76. The Kier molecular flexibility index (Phi) is 3.57. The van der Waals surface area contributed by atoms with E-state index in [1.165, 1.54) is 13.4 Å². The Balaban J connectivity index is 2.16. The van der Waals surface area contributed by atoms with Crippen LogP contribution >= 0.6 is 0 Å². The smallest absolute Gasteiger partial charge is 0.203 e. The van der Waals surface area contributed by atoms with Gasteiger partial charge >= 0.3 is 0 Å². The molecule has 6 heteroatoms. The fourth-order valence-electron chi connectivity index (χ4n) is 1.59. The Morgan fingerprint density at radius 2 is 2.17 bits per heavy atom. The summed E-state index contributed by atoms with van der Waals surface area (Å²) in [5.74, 6) is 1.33. The Morgan fingerprint density at radius 1 is 1.33 bits per heavy atom. The van der Waals surface area contributed by atoms with Gasteiger partial charge in [-0.2, -0.15) is 0 Å². The van der Waals surface area contributed by atoms with Gasteiger partial charge in [0, 0.05) is 6.20 Å². The molecule has 94 valence electrons. The van der Waals surface area contributed by atoms with E-state index in [-0.39, 0.29) is 0 Å². The van der Waals surface area contributed by atoms with Crippen molar-refractivity contribution in [3.63, 3.8) is 0 Å². The van der Waals surface area contributed by atoms with Crippen LogP contribution in [0.1, 0.15) is 11.3 Å². The summed E-state index contributed by atoms with van der Waals surface area (Å²) in [6, 6.07) is 3.91. The number of rotatable bonds is 4. The molecule has 0 aliphatic carbocycles. The van der Waals surface area contributed by atoms with Gasteiger partial charge in [0.2, 0.25) is 5.75 Å². The standard InChI is InChI=1S/C12H15N5O/c1-8-4-3-5-14-9(8)6-15-12-10(18-2)11(13)16-7-17-12/h3-5,7H,6H2,1-2H3,(H3,13,15,16,17). The summed E-state index contributed by atoms with van der Waals surface area (Å²) < 4.78 is 5.16. The number of nitrogen functional groups attached to an aromatic ring is 1. The molecule has 0 amide bonds. The molecule has 0 aromatic carbocycles. The first kappa shape index (κ1) is 12.1. The van der Waals surface area contributed by atoms with Crippen molar-refractivity contribution in [3.05, 3.63) is 35.9 Å². The van der Waals surface area contributed by atoms with Crippen LogP contribution in [0.15, 0.2) is 24.7 Å². The van der Waals surface area contributed by atoms with Gasteiger partial charge in [-0.05, 0) is 18.6 Å². The number of anilines is 2. The van der Waals surface area contributed by atoms with Crippen molar-refractivity contribution < 1.29 is 4.74 Å². The van der Waals surface area contributed by atoms with Crippen LogP contribution in [-0.4, -0.2) is 22.1 Å². The zero-order valence-corrected chi connectivity index (χ0v) is 10.3. The minimum atomic E-state index is 0.313. The van der Waals surface area contributed by atoms with E-state index >= 15 is 0 Å². The number of aryl methyl sites for hydroxylation is 1. The molecule has 2 aromatic rings. The molecular formula is C12H15N5O. The first-order chi connectivity index (χ1) is 8.72. The molecule has 0 radical (unpaired) electrons. The summed E-state index contributed by atoms with van der Waals surface area (Å²) in [4.78, 5) is 12.3. The maximum absolute atomic E-state index is 5.70. The van der Waals surface area contributed by atoms with Gasteiger partial charge in [-0.3, -0.25) is 4.98 Å². The van der Waals surface area contributed by atoms with Crippen LogP contribution in [0.2, 0.25) is 0 Å². The lowest BCUT2D eigenvalue weighted by Gasteiger charge is -2.11. The summed E-state index contributed by atoms with van der Waals surface area (Å²) in [7, 11) is 1.53. The van der Waals surface area contributed by atoms with Crippen molar-refractivity contribution in [2.75, 3.05) is 18.2 Å². The third kappa shape index (κ3) is 2.48. The van der Waals surface area contributed by atoms with Crippen LogP contribution in [-0.2, 0) is 6.54 Å². The van der Waals surface area contributed by atoms with Gasteiger partial charge in [0.25, 0.3) is 0 Å². The van der Waals surface area contributed by atoms with E-state index in [1.54, 1.807) is 6.20 Å². The Morgan fingerprint density at radius 3 is 2.89 bits per heavy atom. The quantitative estimate of drug-likeness (QED) is 0.846. The van der Waals surface area contributed by atoms with E-state index in [2.05, 4.69) is 20.3 Å². The first-order valence-electron chi connectivity index (χ1n) is 5.51. The van der Waals surface area contributed by atoms with Gasteiger partial charge in [0.15, 0.2) is 11.6 Å². The van der Waals surface area contributed by atoms with Gasteiger partial charge in [-0.15, -0.1) is 0 Å². The average Bonchev–Trinajstić information content (AvgIpc) is 2.38. The number of nitrogens with zero attached hydrogens (tertiary/aromatic N) is 3. The third-order valence-electron chi connectivity index (χ3n) is 2.58. The third-order valence-corrected chi connectivity index (χ3v) is 2.58. The van der Waals surface area contributed by atoms with Crippen molar-refractivity contribution in [1.82, 2.24) is 15.0 Å². The Hall–Kier alpha value is -2.37. The van der Waals surface area contributed by atoms with Gasteiger partial charge in [0.05, 0.1) is 19.3 Å². The number of methoxy groups -OCH3 is 1. The molecule has 0 atom stereocenters. The largest absolute Gasteiger partial charge is 0.490 e. The monoisotopic (exact) mass is 245 g/mol. The molecule has 0 aliphatic heterocycles. The van der Waals surface area contributed by atoms with Crippen LogP contribution in [0.25, 0.3) is 0 Å². The normalized spacial score (nSPS) is 10.1. The number of aromatic nitrogens is 3. The lowest BCUT2D eigenvalue weighted by Crippen LogP contribution is -2.08. The zero-order chi connectivity index (χ0) is 13.0. The SMILES string of the molecule is COc1c(N)ncnc1NCc1ncccc1C. The van der Waals surface area contributed by atoms with Crippen LogP contribution in [0.5, 0.6) is 5.75 Å². The summed E-state index contributed by atoms with van der Waals surface area (Å²) in [6.07, 6.45) is 3.15. The lowest BCUT2D eigenvalue weighted by molar-refractivity contribution is 0.415. The summed E-state index contributed by atoms with van der Waals surface area (Å²) in [6.45, 7) is 2.56. The summed E-state index contributed by atoms with van der Waals surface area (Å²) in [5, 5.41) is 3.14. The van der Waals surface area contributed by atoms with Crippen LogP contribution in [0, 0.1) is 6.92 Å². The Labute approximate surface area is 105 Å². The minimum absolute atomic E-state index is 0.313. The van der Waals surface area contributed by atoms with Crippen molar-refractivity contribution in [2.24, 2.45) is 0 Å². The molecule has 0 bridgehead atoms. The molecule has 18 heavy (non-hydrogen) atoms. The minimum Gasteiger partial charge on any atom is -0.490 e. The zero-order valence-electron chi connectivity index (χ0n) is 10.3. The van der Waals surface area contributed by atoms with Gasteiger partial charge in [0.1, 0.15) is 6.33 Å². The topological polar surface area (TPSA) is 86.0 Å². The van der Waals surface area contributed by atoms with Gasteiger partial charge < -0.3 is 15.8 Å². The highest BCUT2D eigenvalue weighted by atomic mass is 16.5. The Bertz CT molecular complexity index is 544. The molecule has 2 aromatic heterocycles. The van der Waals surface area contributed by atoms with Gasteiger partial charge in [-0.1, -0.05) is 6.07 Å². The maximum Gasteiger partial charge on any atom is 0.203 e. The maximum atomic E-state index is 5.70. The van der Waals surface area contributed by atoms with E-state index in [0.29, 0.717) is 23.9 Å². The molecule has 0 unspecified atom stereocenters. The fraction of sp³-hybridized carbons (Fsp3) is 0.250. The molecule has 6 nitrogen and oxygen atoms in total. The van der Waals surface area contributed by atoms with Crippen molar-refractivity contribution in [3.8, 4) is 5.75 Å². The molecule has 0 saturated carbocycles. The average molecular weight is 245 g/mol. The van der Waals surface area contributed by atoms with E-state index in [1.807, 2.05) is 19.1 Å². The van der Waals surface area contributed by atoms with E-state index in [0.717, 1.165) is 11.3 Å². The molecule has 0 aliphatic rings. The van der Waals surface area contributed by atoms with Crippen molar-refractivity contribution in [2.45, 2.75) is 13.5 Å². The lowest BCUT2D eigenvalue weighted by atomic mass is 10.2. The van der Waals surface area contributed by atoms with Crippen LogP contribution in [0.3, 0.4) is 0 Å². The van der Waals surface area contributed by atoms with Crippen molar-refractivity contribution >= 4 is 11.6 Å². The molecule has 2 rings (SSSR count). The predicted octanol–water partition coefficient (Wildman–Crippen LogP) is 1.38. The van der Waals surface area contributed by atoms with Crippen LogP contribution < -0.4 is 15.8 Å².